The summed E-state index contributed by atoms with van der Waals surface area (Å²) >= 11 is 1.63. The first kappa shape index (κ1) is 11.6. The molecule has 0 aliphatic carbocycles. The second-order valence-corrected chi connectivity index (χ2v) is 4.68. The van der Waals surface area contributed by atoms with E-state index in [-0.39, 0.29) is 5.91 Å². The third kappa shape index (κ3) is 2.82. The predicted octanol–water partition coefficient (Wildman–Crippen LogP) is 1.96. The van der Waals surface area contributed by atoms with Crippen molar-refractivity contribution < 1.29 is 4.79 Å². The van der Waals surface area contributed by atoms with Crippen LogP contribution in [-0.2, 0) is 6.54 Å². The van der Waals surface area contributed by atoms with Crippen LogP contribution in [0.5, 0.6) is 0 Å². The van der Waals surface area contributed by atoms with Crippen molar-refractivity contribution in [2.45, 2.75) is 13.5 Å². The minimum Gasteiger partial charge on any atom is -0.399 e. The van der Waals surface area contributed by atoms with Crippen molar-refractivity contribution in [3.63, 3.8) is 0 Å². The van der Waals surface area contributed by atoms with E-state index in [4.69, 9.17) is 5.73 Å². The van der Waals surface area contributed by atoms with E-state index < -0.39 is 0 Å². The van der Waals surface area contributed by atoms with Gasteiger partial charge >= 0.3 is 0 Å². The maximum absolute atomic E-state index is 11.8. The number of nitrogens with two attached hydrogens (primary N) is 1. The Bertz CT molecular complexity index is 536. The summed E-state index contributed by atoms with van der Waals surface area (Å²) in [6.45, 7) is 2.55. The number of aryl methyl sites for hydroxylation is 1. The topological polar surface area (TPSA) is 68.0 Å². The highest BCUT2D eigenvalue weighted by Gasteiger charge is 2.08. The molecule has 0 saturated heterocycles. The maximum atomic E-state index is 11.8. The molecule has 0 radical (unpaired) electrons. The molecule has 0 fully saturated rings. The van der Waals surface area contributed by atoms with Crippen LogP contribution in [0.15, 0.2) is 29.8 Å². The number of aromatic nitrogens is 1. The minimum atomic E-state index is -0.204. The van der Waals surface area contributed by atoms with Gasteiger partial charge in [-0.15, -0.1) is 11.3 Å². The molecule has 0 spiro atoms. The second kappa shape index (κ2) is 4.97. The molecule has 0 aliphatic heterocycles. The Morgan fingerprint density at radius 3 is 3.00 bits per heavy atom. The first-order chi connectivity index (χ1) is 8.16. The summed E-state index contributed by atoms with van der Waals surface area (Å²) in [5.41, 5.74) is 7.67. The van der Waals surface area contributed by atoms with E-state index >= 15 is 0 Å². The van der Waals surface area contributed by atoms with E-state index in [9.17, 15) is 4.79 Å². The van der Waals surface area contributed by atoms with Gasteiger partial charge in [-0.3, -0.25) is 9.78 Å². The number of pyridine rings is 1. The lowest BCUT2D eigenvalue weighted by Gasteiger charge is -2.04. The van der Waals surface area contributed by atoms with Gasteiger partial charge in [0.1, 0.15) is 5.69 Å². The second-order valence-electron chi connectivity index (χ2n) is 3.68. The molecule has 1 amide bonds. The highest BCUT2D eigenvalue weighted by Crippen LogP contribution is 2.15. The Hall–Kier alpha value is -1.88. The van der Waals surface area contributed by atoms with Crippen molar-refractivity contribution in [2.24, 2.45) is 0 Å². The van der Waals surface area contributed by atoms with E-state index in [1.165, 1.54) is 11.8 Å². The number of anilines is 1. The van der Waals surface area contributed by atoms with Crippen LogP contribution < -0.4 is 11.1 Å². The Kier molecular flexibility index (Phi) is 3.39. The third-order valence-corrected chi connectivity index (χ3v) is 3.42. The van der Waals surface area contributed by atoms with Gasteiger partial charge in [-0.25, -0.2) is 0 Å². The zero-order valence-corrected chi connectivity index (χ0v) is 10.3. The van der Waals surface area contributed by atoms with Crippen LogP contribution in [0.25, 0.3) is 0 Å². The van der Waals surface area contributed by atoms with Crippen molar-refractivity contribution in [3.8, 4) is 0 Å². The van der Waals surface area contributed by atoms with Gasteiger partial charge in [-0.2, -0.15) is 0 Å². The van der Waals surface area contributed by atoms with Crippen molar-refractivity contribution >= 4 is 22.9 Å². The molecular weight excluding hydrogens is 234 g/mol. The summed E-state index contributed by atoms with van der Waals surface area (Å²) in [6.07, 6.45) is 1.53. The molecule has 0 saturated carbocycles. The summed E-state index contributed by atoms with van der Waals surface area (Å²) in [7, 11) is 0. The number of nitrogens with zero attached hydrogens (tertiary/aromatic N) is 1. The van der Waals surface area contributed by atoms with Crippen LogP contribution in [-0.4, -0.2) is 10.9 Å². The van der Waals surface area contributed by atoms with Gasteiger partial charge in [-0.1, -0.05) is 0 Å². The van der Waals surface area contributed by atoms with Crippen molar-refractivity contribution in [3.05, 3.63) is 45.9 Å². The largest absolute Gasteiger partial charge is 0.399 e. The highest BCUT2D eigenvalue weighted by molar-refractivity contribution is 7.10. The number of carbonyl (C=O) groups excluding carboxylic acids is 1. The van der Waals surface area contributed by atoms with Gasteiger partial charge in [0, 0.05) is 16.8 Å². The smallest absolute Gasteiger partial charge is 0.270 e. The lowest BCUT2D eigenvalue weighted by Crippen LogP contribution is -2.23. The molecule has 2 aromatic heterocycles. The molecule has 0 unspecified atom stereocenters. The first-order valence-electron chi connectivity index (χ1n) is 5.19. The molecule has 5 heteroatoms. The van der Waals surface area contributed by atoms with Crippen molar-refractivity contribution in [1.29, 1.82) is 0 Å². The number of hydrogen-bond acceptors (Lipinski definition) is 4. The van der Waals surface area contributed by atoms with E-state index in [0.29, 0.717) is 17.9 Å². The van der Waals surface area contributed by atoms with E-state index in [1.807, 2.05) is 18.4 Å². The Balaban J connectivity index is 2.01. The SMILES string of the molecule is Cc1ccsc1CNC(=O)c1cc(N)ccn1. The van der Waals surface area contributed by atoms with E-state index in [1.54, 1.807) is 23.5 Å². The first-order valence-corrected chi connectivity index (χ1v) is 6.07. The fourth-order valence-electron chi connectivity index (χ4n) is 1.41. The number of hydrogen-bond donors (Lipinski definition) is 2. The summed E-state index contributed by atoms with van der Waals surface area (Å²) < 4.78 is 0. The van der Waals surface area contributed by atoms with Gasteiger partial charge in [0.05, 0.1) is 6.54 Å². The van der Waals surface area contributed by atoms with Crippen molar-refractivity contribution in [1.82, 2.24) is 10.3 Å². The Morgan fingerprint density at radius 1 is 1.53 bits per heavy atom. The molecule has 4 nitrogen and oxygen atoms in total. The van der Waals surface area contributed by atoms with E-state index in [2.05, 4.69) is 10.3 Å². The molecular formula is C12H13N3OS. The molecule has 0 bridgehead atoms. The zero-order valence-electron chi connectivity index (χ0n) is 9.43. The number of nitrogen functional groups attached to an aromatic ring is 1. The molecule has 2 aromatic rings. The quantitative estimate of drug-likeness (QED) is 0.871. The van der Waals surface area contributed by atoms with Gasteiger partial charge < -0.3 is 11.1 Å². The van der Waals surface area contributed by atoms with Gasteiger partial charge in [0.15, 0.2) is 0 Å². The molecule has 17 heavy (non-hydrogen) atoms. The molecule has 0 aliphatic rings. The normalized spacial score (nSPS) is 10.2. The van der Waals surface area contributed by atoms with Gasteiger partial charge in [0.2, 0.25) is 0 Å². The summed E-state index contributed by atoms with van der Waals surface area (Å²) in [6, 6.07) is 5.25. The van der Waals surface area contributed by atoms with Crippen LogP contribution in [0.4, 0.5) is 5.69 Å². The molecule has 0 aromatic carbocycles. The molecule has 2 rings (SSSR count). The van der Waals surface area contributed by atoms with Crippen molar-refractivity contribution in [2.75, 3.05) is 5.73 Å². The highest BCUT2D eigenvalue weighted by atomic mass is 32.1. The molecule has 0 atom stereocenters. The maximum Gasteiger partial charge on any atom is 0.270 e. The lowest BCUT2D eigenvalue weighted by molar-refractivity contribution is 0.0946. The number of carbonyl (C=O) groups is 1. The Morgan fingerprint density at radius 2 is 2.35 bits per heavy atom. The van der Waals surface area contributed by atoms with Crippen LogP contribution in [0.1, 0.15) is 20.9 Å². The standard InChI is InChI=1S/C12H13N3OS/c1-8-3-5-17-11(8)7-15-12(16)10-6-9(13)2-4-14-10/h2-6H,7H2,1H3,(H2,13,14)(H,15,16). The summed E-state index contributed by atoms with van der Waals surface area (Å²) in [4.78, 5) is 16.9. The van der Waals surface area contributed by atoms with Crippen LogP contribution in [0.2, 0.25) is 0 Å². The molecule has 88 valence electrons. The third-order valence-electron chi connectivity index (χ3n) is 2.39. The molecule has 2 heterocycles. The van der Waals surface area contributed by atoms with E-state index in [0.717, 1.165) is 4.88 Å². The number of rotatable bonds is 3. The molecule has 3 N–H and O–H groups in total. The number of amides is 1. The fourth-order valence-corrected chi connectivity index (χ4v) is 2.25. The van der Waals surface area contributed by atoms with Crippen LogP contribution in [0.3, 0.4) is 0 Å². The van der Waals surface area contributed by atoms with Gasteiger partial charge in [0.25, 0.3) is 5.91 Å². The average molecular weight is 247 g/mol. The number of nitrogens with one attached hydrogen (secondary N) is 1. The summed E-state index contributed by atoms with van der Waals surface area (Å²) in [5.74, 6) is -0.204. The Labute approximate surface area is 103 Å². The monoisotopic (exact) mass is 247 g/mol. The predicted molar refractivity (Wildman–Crippen MR) is 68.9 cm³/mol. The van der Waals surface area contributed by atoms with Gasteiger partial charge in [-0.05, 0) is 36.1 Å². The summed E-state index contributed by atoms with van der Waals surface area (Å²) in [5, 5.41) is 4.83. The van der Waals surface area contributed by atoms with Crippen LogP contribution >= 0.6 is 11.3 Å². The number of thiophene rings is 1. The zero-order chi connectivity index (χ0) is 12.3. The van der Waals surface area contributed by atoms with Crippen LogP contribution in [0, 0.1) is 6.92 Å². The minimum absolute atomic E-state index is 0.204. The fraction of sp³-hybridized carbons (Fsp3) is 0.167. The average Bonchev–Trinajstić information content (AvgIpc) is 2.72. The lowest BCUT2D eigenvalue weighted by atomic mass is 10.3.